The van der Waals surface area contributed by atoms with Crippen LogP contribution in [0.1, 0.15) is 38.2 Å². The van der Waals surface area contributed by atoms with E-state index in [2.05, 4.69) is 22.8 Å². The molecular formula is C23H34N2O7. The molecular weight excluding hydrogens is 416 g/mol. The number of carbonyl (C=O) groups excluding carboxylic acids is 1. The highest BCUT2D eigenvalue weighted by Crippen LogP contribution is 2.29. The maximum absolute atomic E-state index is 12.8. The molecule has 2 N–H and O–H groups in total. The Morgan fingerprint density at radius 3 is 2.12 bits per heavy atom. The van der Waals surface area contributed by atoms with E-state index >= 15 is 0 Å². The molecule has 178 valence electrons. The normalized spacial score (nSPS) is 19.5. The average Bonchev–Trinajstić information content (AvgIpc) is 2.79. The van der Waals surface area contributed by atoms with E-state index in [1.807, 2.05) is 12.1 Å². The number of carbonyl (C=O) groups is 3. The van der Waals surface area contributed by atoms with Gasteiger partial charge < -0.3 is 24.6 Å². The largest absolute Gasteiger partial charge is 0.493 e. The van der Waals surface area contributed by atoms with Gasteiger partial charge in [0, 0.05) is 25.6 Å². The first-order valence-electron chi connectivity index (χ1n) is 10.9. The first kappa shape index (κ1) is 25.5. The minimum absolute atomic E-state index is 0.210. The lowest BCUT2D eigenvalue weighted by molar-refractivity contribution is -0.159. The fraction of sp³-hybridized carbons (Fsp3) is 0.609. The van der Waals surface area contributed by atoms with Crippen molar-refractivity contribution in [1.82, 2.24) is 9.80 Å². The Morgan fingerprint density at radius 1 is 0.969 bits per heavy atom. The van der Waals surface area contributed by atoms with Crippen molar-refractivity contribution in [3.8, 4) is 11.5 Å². The van der Waals surface area contributed by atoms with Crippen LogP contribution in [0.15, 0.2) is 18.2 Å². The van der Waals surface area contributed by atoms with Crippen molar-refractivity contribution in [2.24, 2.45) is 11.8 Å². The molecule has 0 radical (unpaired) electrons. The molecule has 2 heterocycles. The zero-order chi connectivity index (χ0) is 23.7. The summed E-state index contributed by atoms with van der Waals surface area (Å²) in [6.45, 7) is 7.01. The fourth-order valence-corrected chi connectivity index (χ4v) is 4.22. The third-order valence-electron chi connectivity index (χ3n) is 5.94. The molecule has 2 aliphatic rings. The average molecular weight is 451 g/mol. The number of hydrogen-bond donors (Lipinski definition) is 2. The van der Waals surface area contributed by atoms with E-state index in [0.717, 1.165) is 63.5 Å². The summed E-state index contributed by atoms with van der Waals surface area (Å²) in [5, 5.41) is 14.8. The highest BCUT2D eigenvalue weighted by Gasteiger charge is 2.30. The lowest BCUT2D eigenvalue weighted by Gasteiger charge is -2.37. The summed E-state index contributed by atoms with van der Waals surface area (Å²) in [6, 6.07) is 6.10. The van der Waals surface area contributed by atoms with Gasteiger partial charge in [0.05, 0.1) is 14.2 Å². The highest BCUT2D eigenvalue weighted by atomic mass is 16.5. The number of nitrogens with zero attached hydrogens (tertiary/aromatic N) is 2. The molecule has 1 amide bonds. The van der Waals surface area contributed by atoms with Crippen LogP contribution in [0.4, 0.5) is 0 Å². The van der Waals surface area contributed by atoms with Gasteiger partial charge in [-0.1, -0.05) is 13.0 Å². The van der Waals surface area contributed by atoms with Crippen LogP contribution >= 0.6 is 0 Å². The van der Waals surface area contributed by atoms with E-state index in [4.69, 9.17) is 29.3 Å². The number of piperidine rings is 2. The molecule has 1 aromatic rings. The Balaban J connectivity index is 0.000000534. The first-order chi connectivity index (χ1) is 15.2. The Bertz CT molecular complexity index is 779. The van der Waals surface area contributed by atoms with E-state index in [1.54, 1.807) is 14.2 Å². The first-order valence-corrected chi connectivity index (χ1v) is 10.9. The van der Waals surface area contributed by atoms with Crippen molar-refractivity contribution < 1.29 is 34.1 Å². The maximum Gasteiger partial charge on any atom is 0.414 e. The van der Waals surface area contributed by atoms with Gasteiger partial charge in [-0.15, -0.1) is 0 Å². The Labute approximate surface area is 188 Å². The van der Waals surface area contributed by atoms with Crippen LogP contribution in [0.3, 0.4) is 0 Å². The van der Waals surface area contributed by atoms with Crippen LogP contribution in [-0.4, -0.2) is 78.3 Å². The third kappa shape index (κ3) is 7.40. The molecule has 9 nitrogen and oxygen atoms in total. The topological polar surface area (TPSA) is 117 Å². The second-order valence-corrected chi connectivity index (χ2v) is 8.38. The van der Waals surface area contributed by atoms with Crippen molar-refractivity contribution in [1.29, 1.82) is 0 Å². The molecule has 1 atom stereocenters. The summed E-state index contributed by atoms with van der Waals surface area (Å²) < 4.78 is 10.7. The summed E-state index contributed by atoms with van der Waals surface area (Å²) in [6.07, 6.45) is 4.35. The molecule has 2 saturated heterocycles. The SMILES string of the molecule is COc1ccc(CN2CCC(C(=O)N3CCCC(C)C3)CC2)cc1OC.O=C(O)C(=O)O. The van der Waals surface area contributed by atoms with E-state index in [9.17, 15) is 4.79 Å². The number of hydrogen-bond acceptors (Lipinski definition) is 6. The van der Waals surface area contributed by atoms with Crippen molar-refractivity contribution >= 4 is 17.8 Å². The van der Waals surface area contributed by atoms with Gasteiger partial charge in [0.1, 0.15) is 0 Å². The van der Waals surface area contributed by atoms with Crippen molar-refractivity contribution in [2.75, 3.05) is 40.4 Å². The number of likely N-dealkylation sites (tertiary alicyclic amines) is 2. The summed E-state index contributed by atoms with van der Waals surface area (Å²) >= 11 is 0. The van der Waals surface area contributed by atoms with Crippen LogP contribution in [0.5, 0.6) is 11.5 Å². The van der Waals surface area contributed by atoms with Crippen molar-refractivity contribution in [3.63, 3.8) is 0 Å². The number of carboxylic acids is 2. The number of aliphatic carboxylic acids is 2. The Hall–Kier alpha value is -2.81. The van der Waals surface area contributed by atoms with E-state index in [-0.39, 0.29) is 5.92 Å². The summed E-state index contributed by atoms with van der Waals surface area (Å²) in [5.41, 5.74) is 1.22. The molecule has 0 aromatic heterocycles. The van der Waals surface area contributed by atoms with Crippen LogP contribution in [0.2, 0.25) is 0 Å². The minimum atomic E-state index is -1.82. The van der Waals surface area contributed by atoms with Crippen LogP contribution < -0.4 is 9.47 Å². The molecule has 1 aromatic carbocycles. The van der Waals surface area contributed by atoms with Gasteiger partial charge >= 0.3 is 11.9 Å². The zero-order valence-corrected chi connectivity index (χ0v) is 19.1. The van der Waals surface area contributed by atoms with E-state index in [1.165, 1.54) is 12.0 Å². The zero-order valence-electron chi connectivity index (χ0n) is 19.1. The van der Waals surface area contributed by atoms with Gasteiger partial charge in [-0.05, 0) is 62.4 Å². The van der Waals surface area contributed by atoms with Crippen LogP contribution in [0, 0.1) is 11.8 Å². The highest BCUT2D eigenvalue weighted by molar-refractivity contribution is 6.27. The molecule has 9 heteroatoms. The van der Waals surface area contributed by atoms with Crippen LogP contribution in [0.25, 0.3) is 0 Å². The number of methoxy groups -OCH3 is 2. The smallest absolute Gasteiger partial charge is 0.414 e. The van der Waals surface area contributed by atoms with Gasteiger partial charge in [-0.3, -0.25) is 9.69 Å². The third-order valence-corrected chi connectivity index (χ3v) is 5.94. The van der Waals surface area contributed by atoms with Gasteiger partial charge in [-0.2, -0.15) is 0 Å². The van der Waals surface area contributed by atoms with Gasteiger partial charge in [0.15, 0.2) is 11.5 Å². The Kier molecular flexibility index (Phi) is 9.77. The number of ether oxygens (including phenoxy) is 2. The number of amides is 1. The maximum atomic E-state index is 12.8. The standard InChI is InChI=1S/C21H32N2O3.C2H2O4/c1-16-5-4-10-23(14-16)21(24)18-8-11-22(12-9-18)15-17-6-7-19(25-2)20(13-17)26-3;3-1(4)2(5)6/h6-7,13,16,18H,4-5,8-12,14-15H2,1-3H3;(H,3,4)(H,5,6). The molecule has 3 rings (SSSR count). The minimum Gasteiger partial charge on any atom is -0.493 e. The van der Waals surface area contributed by atoms with E-state index < -0.39 is 11.9 Å². The van der Waals surface area contributed by atoms with Gasteiger partial charge in [0.2, 0.25) is 5.91 Å². The summed E-state index contributed by atoms with van der Waals surface area (Å²) in [5.74, 6) is -0.863. The molecule has 0 spiro atoms. The second kappa shape index (κ2) is 12.3. The lowest BCUT2D eigenvalue weighted by atomic mass is 9.92. The van der Waals surface area contributed by atoms with E-state index in [0.29, 0.717) is 11.8 Å². The molecule has 2 fully saturated rings. The molecule has 1 unspecified atom stereocenters. The monoisotopic (exact) mass is 450 g/mol. The number of rotatable bonds is 5. The van der Waals surface area contributed by atoms with Gasteiger partial charge in [-0.25, -0.2) is 9.59 Å². The molecule has 0 saturated carbocycles. The second-order valence-electron chi connectivity index (χ2n) is 8.38. The summed E-state index contributed by atoms with van der Waals surface area (Å²) in [4.78, 5) is 35.5. The fourth-order valence-electron chi connectivity index (χ4n) is 4.22. The quantitative estimate of drug-likeness (QED) is 0.657. The van der Waals surface area contributed by atoms with Crippen molar-refractivity contribution in [2.45, 2.75) is 39.2 Å². The molecule has 32 heavy (non-hydrogen) atoms. The van der Waals surface area contributed by atoms with Crippen molar-refractivity contribution in [3.05, 3.63) is 23.8 Å². The summed E-state index contributed by atoms with van der Waals surface area (Å²) in [7, 11) is 3.32. The Morgan fingerprint density at radius 2 is 1.59 bits per heavy atom. The predicted molar refractivity (Wildman–Crippen MR) is 118 cm³/mol. The number of benzene rings is 1. The van der Waals surface area contributed by atoms with Gasteiger partial charge in [0.25, 0.3) is 0 Å². The number of carboxylic acid groups (broad SMARTS) is 2. The molecule has 0 bridgehead atoms. The lowest BCUT2D eigenvalue weighted by Crippen LogP contribution is -2.45. The van der Waals surface area contributed by atoms with Crippen LogP contribution in [-0.2, 0) is 20.9 Å². The molecule has 0 aliphatic carbocycles. The predicted octanol–water partition coefficient (Wildman–Crippen LogP) is 2.33. The molecule has 2 aliphatic heterocycles.